The average Bonchev–Trinajstić information content (AvgIpc) is 2.51. The van der Waals surface area contributed by atoms with Crippen molar-refractivity contribution in [1.82, 2.24) is 5.43 Å². The Kier molecular flexibility index (Phi) is 4.18. The summed E-state index contributed by atoms with van der Waals surface area (Å²) in [5.74, 6) is 5.49. The summed E-state index contributed by atoms with van der Waals surface area (Å²) in [7, 11) is -3.21. The number of hydrazine groups is 1. The van der Waals surface area contributed by atoms with Crippen molar-refractivity contribution in [3.63, 3.8) is 0 Å². The average molecular weight is 327 g/mol. The van der Waals surface area contributed by atoms with Gasteiger partial charge in [-0.1, -0.05) is 0 Å². The largest absolute Gasteiger partial charge is 0.271 e. The number of hydrogen-bond donors (Lipinski definition) is 2. The normalized spacial score (nSPS) is 15.1. The lowest BCUT2D eigenvalue weighted by Crippen LogP contribution is -2.47. The summed E-state index contributed by atoms with van der Waals surface area (Å²) >= 11 is 4.86. The number of rotatable bonds is 4. The molecule has 3 N–H and O–H groups in total. The van der Waals surface area contributed by atoms with Crippen molar-refractivity contribution in [1.29, 1.82) is 0 Å². The van der Waals surface area contributed by atoms with Crippen LogP contribution in [0, 0.1) is 0 Å². The van der Waals surface area contributed by atoms with Crippen LogP contribution in [0.25, 0.3) is 0 Å². The van der Waals surface area contributed by atoms with Crippen LogP contribution in [0.2, 0.25) is 0 Å². The van der Waals surface area contributed by atoms with E-state index >= 15 is 0 Å². The Morgan fingerprint density at radius 2 is 2.12 bits per heavy atom. The van der Waals surface area contributed by atoms with E-state index in [9.17, 15) is 8.42 Å². The fourth-order valence-corrected chi connectivity index (χ4v) is 3.85. The van der Waals surface area contributed by atoms with E-state index < -0.39 is 20.6 Å². The standard InChI is InChI=1S/C9H15BrN2O2S2/c1-9(2,16(3,13)14)8(12-11)7-6(10)4-5-15-7/h4-5,8,12H,11H2,1-3H3. The molecule has 0 bridgehead atoms. The van der Waals surface area contributed by atoms with Gasteiger partial charge in [0.1, 0.15) is 0 Å². The first-order valence-electron chi connectivity index (χ1n) is 4.60. The summed E-state index contributed by atoms with van der Waals surface area (Å²) in [6, 6.07) is 1.44. The van der Waals surface area contributed by atoms with Crippen LogP contribution >= 0.6 is 27.3 Å². The Hall–Kier alpha value is 0.0500. The van der Waals surface area contributed by atoms with Crippen molar-refractivity contribution in [3.05, 3.63) is 20.8 Å². The second-order valence-corrected chi connectivity index (χ2v) is 8.51. The van der Waals surface area contributed by atoms with Gasteiger partial charge >= 0.3 is 0 Å². The highest BCUT2D eigenvalue weighted by atomic mass is 79.9. The molecule has 1 rings (SSSR count). The molecule has 0 aliphatic carbocycles. The van der Waals surface area contributed by atoms with Crippen LogP contribution in [-0.4, -0.2) is 19.4 Å². The third-order valence-corrected chi connectivity index (χ3v) is 6.81. The van der Waals surface area contributed by atoms with Crippen LogP contribution in [0.4, 0.5) is 0 Å². The molecule has 92 valence electrons. The molecular weight excluding hydrogens is 312 g/mol. The molecule has 0 aliphatic rings. The van der Waals surface area contributed by atoms with Crippen LogP contribution in [0.5, 0.6) is 0 Å². The van der Waals surface area contributed by atoms with Crippen molar-refractivity contribution in [2.45, 2.75) is 24.6 Å². The molecule has 0 aromatic carbocycles. The summed E-state index contributed by atoms with van der Waals surface area (Å²) in [5.41, 5.74) is 2.59. The molecule has 0 amide bonds. The van der Waals surface area contributed by atoms with Crippen LogP contribution < -0.4 is 11.3 Å². The molecule has 0 radical (unpaired) electrons. The molecule has 0 saturated carbocycles. The first kappa shape index (κ1) is 14.1. The number of hydrogen-bond acceptors (Lipinski definition) is 5. The molecule has 1 aromatic heterocycles. The predicted octanol–water partition coefficient (Wildman–Crippen LogP) is 1.84. The molecule has 7 heteroatoms. The van der Waals surface area contributed by atoms with Crippen molar-refractivity contribution in [3.8, 4) is 0 Å². The maximum absolute atomic E-state index is 11.8. The first-order valence-corrected chi connectivity index (χ1v) is 8.17. The molecule has 0 fully saturated rings. The van der Waals surface area contributed by atoms with E-state index in [0.717, 1.165) is 9.35 Å². The fourth-order valence-electron chi connectivity index (χ4n) is 1.32. The Bertz CT molecular complexity index is 468. The zero-order valence-corrected chi connectivity index (χ0v) is 12.5. The minimum atomic E-state index is -3.21. The van der Waals surface area contributed by atoms with E-state index in [1.54, 1.807) is 13.8 Å². The van der Waals surface area contributed by atoms with E-state index in [0.29, 0.717) is 0 Å². The third kappa shape index (κ3) is 2.48. The monoisotopic (exact) mass is 326 g/mol. The quantitative estimate of drug-likeness (QED) is 0.654. The molecule has 0 spiro atoms. The molecule has 1 unspecified atom stereocenters. The van der Waals surface area contributed by atoms with Crippen molar-refractivity contribution < 1.29 is 8.42 Å². The second-order valence-electron chi connectivity index (χ2n) is 4.11. The zero-order valence-electron chi connectivity index (χ0n) is 9.32. The summed E-state index contributed by atoms with van der Waals surface area (Å²) < 4.78 is 23.4. The van der Waals surface area contributed by atoms with Gasteiger partial charge in [0.15, 0.2) is 9.84 Å². The first-order chi connectivity index (χ1) is 7.21. The zero-order chi connectivity index (χ0) is 12.6. The number of thiophene rings is 1. The predicted molar refractivity (Wildman–Crippen MR) is 71.0 cm³/mol. The Labute approximate surface area is 108 Å². The molecule has 0 aliphatic heterocycles. The van der Waals surface area contributed by atoms with E-state index in [-0.39, 0.29) is 0 Å². The van der Waals surface area contributed by atoms with Crippen molar-refractivity contribution >= 4 is 37.1 Å². The smallest absolute Gasteiger partial charge is 0.154 e. The van der Waals surface area contributed by atoms with Gasteiger partial charge in [0.05, 0.1) is 10.8 Å². The van der Waals surface area contributed by atoms with Gasteiger partial charge < -0.3 is 0 Å². The number of sulfone groups is 1. The van der Waals surface area contributed by atoms with Crippen LogP contribution in [0.3, 0.4) is 0 Å². The Balaban J connectivity index is 3.24. The summed E-state index contributed by atoms with van der Waals surface area (Å²) in [5, 5.41) is 1.89. The lowest BCUT2D eigenvalue weighted by atomic mass is 10.0. The SMILES string of the molecule is CC(C)(C(NN)c1sccc1Br)S(C)(=O)=O. The second kappa shape index (κ2) is 4.73. The van der Waals surface area contributed by atoms with Gasteiger partial charge in [-0.15, -0.1) is 11.3 Å². The summed E-state index contributed by atoms with van der Waals surface area (Å²) in [6.45, 7) is 3.33. The molecular formula is C9H15BrN2O2S2. The van der Waals surface area contributed by atoms with Gasteiger partial charge in [-0.2, -0.15) is 0 Å². The van der Waals surface area contributed by atoms with E-state index in [2.05, 4.69) is 21.4 Å². The van der Waals surface area contributed by atoms with Gasteiger partial charge in [0.2, 0.25) is 0 Å². The minimum Gasteiger partial charge on any atom is -0.271 e. The molecule has 0 saturated heterocycles. The minimum absolute atomic E-state index is 0.433. The summed E-state index contributed by atoms with van der Waals surface area (Å²) in [6.07, 6.45) is 1.22. The number of halogens is 1. The van der Waals surface area contributed by atoms with Crippen LogP contribution in [-0.2, 0) is 9.84 Å². The van der Waals surface area contributed by atoms with Crippen molar-refractivity contribution in [2.75, 3.05) is 6.26 Å². The maximum atomic E-state index is 11.8. The Morgan fingerprint density at radius 1 is 1.56 bits per heavy atom. The van der Waals surface area contributed by atoms with Gasteiger partial charge in [0, 0.05) is 15.6 Å². The fraction of sp³-hybridized carbons (Fsp3) is 0.556. The van der Waals surface area contributed by atoms with E-state index in [1.807, 2.05) is 11.4 Å². The van der Waals surface area contributed by atoms with Crippen molar-refractivity contribution in [2.24, 2.45) is 5.84 Å². The van der Waals surface area contributed by atoms with Gasteiger partial charge in [0.25, 0.3) is 0 Å². The molecule has 16 heavy (non-hydrogen) atoms. The molecule has 1 heterocycles. The number of nitrogens with two attached hydrogens (primary N) is 1. The number of nitrogens with one attached hydrogen (secondary N) is 1. The molecule has 4 nitrogen and oxygen atoms in total. The van der Waals surface area contributed by atoms with Crippen LogP contribution in [0.15, 0.2) is 15.9 Å². The van der Waals surface area contributed by atoms with E-state index in [4.69, 9.17) is 5.84 Å². The van der Waals surface area contributed by atoms with Crippen LogP contribution in [0.1, 0.15) is 24.8 Å². The lowest BCUT2D eigenvalue weighted by Gasteiger charge is -2.31. The Morgan fingerprint density at radius 3 is 2.44 bits per heavy atom. The highest BCUT2D eigenvalue weighted by Crippen LogP contribution is 2.38. The topological polar surface area (TPSA) is 72.2 Å². The molecule has 1 aromatic rings. The lowest BCUT2D eigenvalue weighted by molar-refractivity contribution is 0.432. The molecule has 1 atom stereocenters. The van der Waals surface area contributed by atoms with Gasteiger partial charge in [-0.3, -0.25) is 11.3 Å². The highest BCUT2D eigenvalue weighted by molar-refractivity contribution is 9.10. The highest BCUT2D eigenvalue weighted by Gasteiger charge is 2.40. The third-order valence-electron chi connectivity index (χ3n) is 2.72. The van der Waals surface area contributed by atoms with Gasteiger partial charge in [-0.25, -0.2) is 8.42 Å². The van der Waals surface area contributed by atoms with Gasteiger partial charge in [-0.05, 0) is 41.2 Å². The van der Waals surface area contributed by atoms with E-state index in [1.165, 1.54) is 17.6 Å². The summed E-state index contributed by atoms with van der Waals surface area (Å²) in [4.78, 5) is 0.887. The maximum Gasteiger partial charge on any atom is 0.154 e.